The normalized spacial score (nSPS) is 12.2. The van der Waals surface area contributed by atoms with E-state index in [1.807, 2.05) is 0 Å². The second-order valence-electron chi connectivity index (χ2n) is 3.15. The number of halogens is 5. The summed E-state index contributed by atoms with van der Waals surface area (Å²) in [7, 11) is -0.684. The van der Waals surface area contributed by atoms with Crippen LogP contribution < -0.4 is 0 Å². The Kier molecular flexibility index (Phi) is 8.63. The minimum atomic E-state index is -2.21. The number of rotatable bonds is 6. The summed E-state index contributed by atoms with van der Waals surface area (Å²) in [5.74, 6) is -10.1. The molecule has 0 aromatic heterocycles. The largest absolute Gasteiger partial charge is 0.332 e. The fourth-order valence-electron chi connectivity index (χ4n) is 1.14. The standard InChI is InChI=1S/C10H10F5O3P.H3P/c1-3-17-19(16-2)18-4-5-6(11)8(13)10(15)9(14)7(5)12;/h3-4H2,1-2H3;1H3. The fourth-order valence-corrected chi connectivity index (χ4v) is 1.87. The van der Waals surface area contributed by atoms with Crippen LogP contribution in [0.15, 0.2) is 0 Å². The van der Waals surface area contributed by atoms with Crippen LogP contribution >= 0.6 is 18.5 Å². The highest BCUT2D eigenvalue weighted by molar-refractivity contribution is 7.41. The van der Waals surface area contributed by atoms with Crippen LogP contribution in [0.25, 0.3) is 0 Å². The Hall–Kier alpha value is -0.390. The van der Waals surface area contributed by atoms with Crippen molar-refractivity contribution in [2.45, 2.75) is 13.5 Å². The molecule has 10 heteroatoms. The molecule has 0 spiro atoms. The van der Waals surface area contributed by atoms with Crippen molar-refractivity contribution < 1.29 is 35.5 Å². The van der Waals surface area contributed by atoms with Gasteiger partial charge in [-0.1, -0.05) is 0 Å². The quantitative estimate of drug-likeness (QED) is 0.341. The Balaban J connectivity index is 0.00000361. The number of hydrogen-bond acceptors (Lipinski definition) is 3. The Labute approximate surface area is 117 Å². The first-order valence-corrected chi connectivity index (χ1v) is 6.13. The van der Waals surface area contributed by atoms with Gasteiger partial charge in [0.2, 0.25) is 5.82 Å². The van der Waals surface area contributed by atoms with E-state index in [2.05, 4.69) is 0 Å². The molecule has 3 nitrogen and oxygen atoms in total. The minimum Gasteiger partial charge on any atom is -0.316 e. The van der Waals surface area contributed by atoms with Crippen molar-refractivity contribution in [3.63, 3.8) is 0 Å². The van der Waals surface area contributed by atoms with Crippen LogP contribution in [-0.2, 0) is 20.2 Å². The molecule has 0 amide bonds. The predicted octanol–water partition coefficient (Wildman–Crippen LogP) is 3.87. The molecule has 116 valence electrons. The lowest BCUT2D eigenvalue weighted by molar-refractivity contribution is 0.175. The van der Waals surface area contributed by atoms with Gasteiger partial charge < -0.3 is 13.6 Å². The molecule has 0 N–H and O–H groups in total. The van der Waals surface area contributed by atoms with Crippen molar-refractivity contribution in [3.8, 4) is 0 Å². The van der Waals surface area contributed by atoms with E-state index < -0.39 is 49.9 Å². The van der Waals surface area contributed by atoms with Crippen LogP contribution in [0, 0.1) is 29.1 Å². The van der Waals surface area contributed by atoms with Crippen LogP contribution in [0.5, 0.6) is 0 Å². The van der Waals surface area contributed by atoms with Gasteiger partial charge in [0.25, 0.3) is 0 Å². The van der Waals surface area contributed by atoms with Crippen molar-refractivity contribution in [2.24, 2.45) is 0 Å². The molecule has 0 heterocycles. The molecule has 1 rings (SSSR count). The first-order valence-electron chi connectivity index (χ1n) is 5.04. The zero-order valence-electron chi connectivity index (χ0n) is 10.7. The summed E-state index contributed by atoms with van der Waals surface area (Å²) in [6.45, 7) is 0.970. The first-order chi connectivity index (χ1) is 8.93. The van der Waals surface area contributed by atoms with Gasteiger partial charge in [0.15, 0.2) is 23.3 Å². The third kappa shape index (κ3) is 4.30. The van der Waals surface area contributed by atoms with E-state index in [4.69, 9.17) is 13.6 Å². The molecule has 0 fully saturated rings. The van der Waals surface area contributed by atoms with Crippen molar-refractivity contribution in [1.82, 2.24) is 0 Å². The Morgan fingerprint density at radius 1 is 0.850 bits per heavy atom. The lowest BCUT2D eigenvalue weighted by atomic mass is 10.2. The molecular formula is C10H13F5O3P2. The van der Waals surface area contributed by atoms with Crippen molar-refractivity contribution in [2.75, 3.05) is 13.7 Å². The van der Waals surface area contributed by atoms with E-state index in [1.165, 1.54) is 7.11 Å². The molecular weight excluding hydrogens is 325 g/mol. The van der Waals surface area contributed by atoms with E-state index in [-0.39, 0.29) is 16.5 Å². The maximum absolute atomic E-state index is 13.3. The Morgan fingerprint density at radius 2 is 1.30 bits per heavy atom. The van der Waals surface area contributed by atoms with Gasteiger partial charge in [0.05, 0.1) is 18.8 Å². The van der Waals surface area contributed by atoms with Gasteiger partial charge in [0, 0.05) is 7.11 Å². The molecule has 1 aromatic rings. The van der Waals surface area contributed by atoms with Crippen LogP contribution in [0.1, 0.15) is 12.5 Å². The summed E-state index contributed by atoms with van der Waals surface area (Å²) in [5, 5.41) is 0. The van der Waals surface area contributed by atoms with Gasteiger partial charge in [0.1, 0.15) is 0 Å². The molecule has 20 heavy (non-hydrogen) atoms. The number of hydrogen-bond donors (Lipinski definition) is 0. The zero-order chi connectivity index (χ0) is 14.6. The van der Waals surface area contributed by atoms with E-state index in [9.17, 15) is 22.0 Å². The van der Waals surface area contributed by atoms with E-state index in [1.54, 1.807) is 6.92 Å². The van der Waals surface area contributed by atoms with Gasteiger partial charge >= 0.3 is 8.60 Å². The SMILES string of the molecule is CCOP(OC)OCc1c(F)c(F)c(F)c(F)c1F.P. The first kappa shape index (κ1) is 19.6. The summed E-state index contributed by atoms with van der Waals surface area (Å²) >= 11 is 0. The molecule has 1 aromatic carbocycles. The molecule has 2 unspecified atom stereocenters. The third-order valence-corrected chi connectivity index (χ3v) is 3.11. The molecule has 0 radical (unpaired) electrons. The summed E-state index contributed by atoms with van der Waals surface area (Å²) in [5.41, 5.74) is -1.07. The topological polar surface area (TPSA) is 27.7 Å². The molecule has 2 atom stereocenters. The predicted molar refractivity (Wildman–Crippen MR) is 67.7 cm³/mol. The van der Waals surface area contributed by atoms with Gasteiger partial charge in [-0.25, -0.2) is 22.0 Å². The second kappa shape index (κ2) is 8.80. The summed E-state index contributed by atoms with van der Waals surface area (Å²) in [4.78, 5) is 0. The van der Waals surface area contributed by atoms with Crippen LogP contribution in [0.3, 0.4) is 0 Å². The Morgan fingerprint density at radius 3 is 1.70 bits per heavy atom. The van der Waals surface area contributed by atoms with Gasteiger partial charge in [-0.3, -0.25) is 0 Å². The van der Waals surface area contributed by atoms with Gasteiger partial charge in [-0.05, 0) is 6.92 Å². The summed E-state index contributed by atoms with van der Waals surface area (Å²) in [6, 6.07) is 0. The van der Waals surface area contributed by atoms with Gasteiger partial charge in [-0.15, -0.1) is 0 Å². The molecule has 0 saturated carbocycles. The lowest BCUT2D eigenvalue weighted by Gasteiger charge is -2.14. The molecule has 0 aliphatic rings. The molecule has 0 bridgehead atoms. The lowest BCUT2D eigenvalue weighted by Crippen LogP contribution is -2.08. The Bertz CT molecular complexity index is 432. The average Bonchev–Trinajstić information content (AvgIpc) is 2.41. The molecule has 0 saturated heterocycles. The fraction of sp³-hybridized carbons (Fsp3) is 0.400. The third-order valence-electron chi connectivity index (χ3n) is 2.00. The van der Waals surface area contributed by atoms with Crippen molar-refractivity contribution in [3.05, 3.63) is 34.6 Å². The smallest absolute Gasteiger partial charge is 0.316 e. The number of benzene rings is 1. The average molecular weight is 338 g/mol. The second-order valence-corrected chi connectivity index (χ2v) is 4.47. The molecule has 0 aliphatic heterocycles. The minimum absolute atomic E-state index is 0. The van der Waals surface area contributed by atoms with E-state index in [0.29, 0.717) is 0 Å². The summed E-state index contributed by atoms with van der Waals surface area (Å²) < 4.78 is 79.5. The highest BCUT2D eigenvalue weighted by atomic mass is 31.2. The van der Waals surface area contributed by atoms with Crippen LogP contribution in [-0.4, -0.2) is 13.7 Å². The highest BCUT2D eigenvalue weighted by Gasteiger charge is 2.26. The molecule has 0 aliphatic carbocycles. The van der Waals surface area contributed by atoms with E-state index >= 15 is 0 Å². The van der Waals surface area contributed by atoms with Crippen molar-refractivity contribution in [1.29, 1.82) is 0 Å². The maximum atomic E-state index is 13.3. The highest BCUT2D eigenvalue weighted by Crippen LogP contribution is 2.40. The monoisotopic (exact) mass is 338 g/mol. The van der Waals surface area contributed by atoms with Gasteiger partial charge in [-0.2, -0.15) is 9.90 Å². The summed E-state index contributed by atoms with van der Waals surface area (Å²) in [6.07, 6.45) is 0. The van der Waals surface area contributed by atoms with Crippen LogP contribution in [0.4, 0.5) is 22.0 Å². The maximum Gasteiger partial charge on any atom is 0.332 e. The van der Waals surface area contributed by atoms with Crippen molar-refractivity contribution >= 4 is 18.5 Å². The van der Waals surface area contributed by atoms with E-state index in [0.717, 1.165) is 0 Å². The zero-order valence-corrected chi connectivity index (χ0v) is 13.0. The van der Waals surface area contributed by atoms with Crippen LogP contribution in [0.2, 0.25) is 0 Å².